The molecule has 1 aliphatic heterocycles. The number of piperidine rings is 1. The van der Waals surface area contributed by atoms with E-state index in [1.54, 1.807) is 0 Å². The SMILES string of the molecule is CCOCc1nc(Cl)cc(N2CCCC3CCCC32)n1. The molecule has 0 N–H and O–H groups in total. The van der Waals surface area contributed by atoms with Crippen LogP contribution in [-0.2, 0) is 11.3 Å². The molecule has 2 unspecified atom stereocenters. The Labute approximate surface area is 125 Å². The second-order valence-corrected chi connectivity index (χ2v) is 6.08. The lowest BCUT2D eigenvalue weighted by molar-refractivity contribution is 0.128. The highest BCUT2D eigenvalue weighted by molar-refractivity contribution is 6.29. The van der Waals surface area contributed by atoms with Crippen molar-refractivity contribution >= 4 is 17.4 Å². The van der Waals surface area contributed by atoms with Gasteiger partial charge in [-0.25, -0.2) is 9.97 Å². The Bertz CT molecular complexity index is 468. The smallest absolute Gasteiger partial charge is 0.158 e. The lowest BCUT2D eigenvalue weighted by Gasteiger charge is -2.38. The van der Waals surface area contributed by atoms with Gasteiger partial charge in [0.1, 0.15) is 17.6 Å². The minimum absolute atomic E-state index is 0.437. The first-order valence-electron chi connectivity index (χ1n) is 7.65. The Hall–Kier alpha value is -0.870. The van der Waals surface area contributed by atoms with Gasteiger partial charge in [-0.2, -0.15) is 0 Å². The highest BCUT2D eigenvalue weighted by Gasteiger charge is 2.35. The van der Waals surface area contributed by atoms with Crippen LogP contribution < -0.4 is 4.90 Å². The fourth-order valence-corrected chi connectivity index (χ4v) is 3.79. The molecule has 2 heterocycles. The van der Waals surface area contributed by atoms with Crippen molar-refractivity contribution in [3.05, 3.63) is 17.0 Å². The molecule has 1 saturated heterocycles. The van der Waals surface area contributed by atoms with Gasteiger partial charge in [0.25, 0.3) is 0 Å². The maximum Gasteiger partial charge on any atom is 0.158 e. The summed E-state index contributed by atoms with van der Waals surface area (Å²) in [5.74, 6) is 2.51. The molecule has 0 amide bonds. The van der Waals surface area contributed by atoms with E-state index in [1.807, 2.05) is 13.0 Å². The van der Waals surface area contributed by atoms with Gasteiger partial charge in [0.15, 0.2) is 5.82 Å². The third-order valence-corrected chi connectivity index (χ3v) is 4.64. The topological polar surface area (TPSA) is 38.2 Å². The lowest BCUT2D eigenvalue weighted by atomic mass is 9.92. The first-order chi connectivity index (χ1) is 9.78. The Morgan fingerprint density at radius 3 is 3.00 bits per heavy atom. The number of halogens is 1. The van der Waals surface area contributed by atoms with Crippen LogP contribution in [0.15, 0.2) is 6.07 Å². The molecule has 110 valence electrons. The van der Waals surface area contributed by atoms with Crippen LogP contribution in [0, 0.1) is 5.92 Å². The van der Waals surface area contributed by atoms with Crippen LogP contribution in [0.1, 0.15) is 44.9 Å². The van der Waals surface area contributed by atoms with Gasteiger partial charge < -0.3 is 9.64 Å². The Morgan fingerprint density at radius 2 is 2.15 bits per heavy atom. The van der Waals surface area contributed by atoms with E-state index < -0.39 is 0 Å². The third kappa shape index (κ3) is 2.91. The van der Waals surface area contributed by atoms with Crippen molar-refractivity contribution < 1.29 is 4.74 Å². The summed E-state index contributed by atoms with van der Waals surface area (Å²) in [6, 6.07) is 2.55. The van der Waals surface area contributed by atoms with E-state index in [0.717, 1.165) is 18.3 Å². The normalized spacial score (nSPS) is 25.8. The van der Waals surface area contributed by atoms with Gasteiger partial charge in [-0.1, -0.05) is 18.0 Å². The molecule has 20 heavy (non-hydrogen) atoms. The largest absolute Gasteiger partial charge is 0.374 e. The van der Waals surface area contributed by atoms with E-state index in [1.165, 1.54) is 32.1 Å². The van der Waals surface area contributed by atoms with E-state index in [0.29, 0.717) is 30.2 Å². The van der Waals surface area contributed by atoms with E-state index in [-0.39, 0.29) is 0 Å². The predicted octanol–water partition coefficient (Wildman–Crippen LogP) is 3.44. The van der Waals surface area contributed by atoms with Crippen molar-refractivity contribution in [2.75, 3.05) is 18.1 Å². The number of anilines is 1. The summed E-state index contributed by atoms with van der Waals surface area (Å²) in [7, 11) is 0. The molecule has 5 heteroatoms. The molecular formula is C15H22ClN3O. The molecule has 2 atom stereocenters. The van der Waals surface area contributed by atoms with Crippen LogP contribution >= 0.6 is 11.6 Å². The maximum atomic E-state index is 6.16. The molecule has 4 nitrogen and oxygen atoms in total. The quantitative estimate of drug-likeness (QED) is 0.798. The zero-order valence-corrected chi connectivity index (χ0v) is 12.8. The standard InChI is InChI=1S/C15H22ClN3O/c1-2-20-10-14-17-13(16)9-15(18-14)19-8-4-6-11-5-3-7-12(11)19/h9,11-12H,2-8,10H2,1H3. The summed E-state index contributed by atoms with van der Waals surface area (Å²) < 4.78 is 5.40. The molecular weight excluding hydrogens is 274 g/mol. The lowest BCUT2D eigenvalue weighted by Crippen LogP contribution is -2.43. The molecule has 1 aliphatic carbocycles. The molecule has 0 bridgehead atoms. The zero-order valence-electron chi connectivity index (χ0n) is 12.0. The van der Waals surface area contributed by atoms with Gasteiger partial charge in [-0.05, 0) is 38.5 Å². The molecule has 0 radical (unpaired) electrons. The highest BCUT2D eigenvalue weighted by Crippen LogP contribution is 2.38. The van der Waals surface area contributed by atoms with E-state index in [4.69, 9.17) is 16.3 Å². The van der Waals surface area contributed by atoms with Gasteiger partial charge in [-0.15, -0.1) is 0 Å². The van der Waals surface area contributed by atoms with Crippen molar-refractivity contribution in [2.45, 2.75) is 51.7 Å². The summed E-state index contributed by atoms with van der Waals surface area (Å²) >= 11 is 6.16. The molecule has 0 spiro atoms. The fraction of sp³-hybridized carbons (Fsp3) is 0.733. The van der Waals surface area contributed by atoms with Crippen molar-refractivity contribution in [2.24, 2.45) is 5.92 Å². The van der Waals surface area contributed by atoms with Crippen LogP contribution in [0.3, 0.4) is 0 Å². The molecule has 2 fully saturated rings. The van der Waals surface area contributed by atoms with Crippen molar-refractivity contribution in [1.82, 2.24) is 9.97 Å². The second-order valence-electron chi connectivity index (χ2n) is 5.70. The number of rotatable bonds is 4. The summed E-state index contributed by atoms with van der Waals surface area (Å²) in [6.45, 7) is 4.16. The monoisotopic (exact) mass is 295 g/mol. The Morgan fingerprint density at radius 1 is 1.30 bits per heavy atom. The Balaban J connectivity index is 1.82. The van der Waals surface area contributed by atoms with Crippen LogP contribution in [0.4, 0.5) is 5.82 Å². The molecule has 0 aromatic carbocycles. The maximum absolute atomic E-state index is 6.16. The molecule has 2 aliphatic rings. The van der Waals surface area contributed by atoms with Gasteiger partial charge in [0.2, 0.25) is 0 Å². The predicted molar refractivity (Wildman–Crippen MR) is 80.1 cm³/mol. The number of aromatic nitrogens is 2. The average Bonchev–Trinajstić information content (AvgIpc) is 2.92. The average molecular weight is 296 g/mol. The third-order valence-electron chi connectivity index (χ3n) is 4.45. The van der Waals surface area contributed by atoms with E-state index in [2.05, 4.69) is 14.9 Å². The Kier molecular flexibility index (Phi) is 4.41. The van der Waals surface area contributed by atoms with Gasteiger partial charge >= 0.3 is 0 Å². The number of fused-ring (bicyclic) bond motifs is 1. The first-order valence-corrected chi connectivity index (χ1v) is 8.03. The van der Waals surface area contributed by atoms with Crippen molar-refractivity contribution in [3.8, 4) is 0 Å². The van der Waals surface area contributed by atoms with Crippen LogP contribution in [0.25, 0.3) is 0 Å². The van der Waals surface area contributed by atoms with Crippen molar-refractivity contribution in [3.63, 3.8) is 0 Å². The molecule has 1 aromatic heterocycles. The molecule has 1 saturated carbocycles. The minimum atomic E-state index is 0.437. The zero-order chi connectivity index (χ0) is 13.9. The fourth-order valence-electron chi connectivity index (χ4n) is 3.60. The molecule has 3 rings (SSSR count). The van der Waals surface area contributed by atoms with Gasteiger partial charge in [0.05, 0.1) is 0 Å². The summed E-state index contributed by atoms with van der Waals surface area (Å²) in [5, 5.41) is 0.518. The summed E-state index contributed by atoms with van der Waals surface area (Å²) in [4.78, 5) is 11.4. The number of hydrogen-bond donors (Lipinski definition) is 0. The summed E-state index contributed by atoms with van der Waals surface area (Å²) in [5.41, 5.74) is 0. The van der Waals surface area contributed by atoms with Crippen LogP contribution in [-0.4, -0.2) is 29.2 Å². The van der Waals surface area contributed by atoms with Crippen molar-refractivity contribution in [1.29, 1.82) is 0 Å². The van der Waals surface area contributed by atoms with E-state index >= 15 is 0 Å². The highest BCUT2D eigenvalue weighted by atomic mass is 35.5. The van der Waals surface area contributed by atoms with Crippen LogP contribution in [0.5, 0.6) is 0 Å². The minimum Gasteiger partial charge on any atom is -0.374 e. The molecule has 1 aromatic rings. The number of nitrogens with zero attached hydrogens (tertiary/aromatic N) is 3. The van der Waals surface area contributed by atoms with Gasteiger partial charge in [0, 0.05) is 25.3 Å². The van der Waals surface area contributed by atoms with Crippen LogP contribution in [0.2, 0.25) is 5.15 Å². The van der Waals surface area contributed by atoms with E-state index in [9.17, 15) is 0 Å². The van der Waals surface area contributed by atoms with Gasteiger partial charge in [-0.3, -0.25) is 0 Å². The first kappa shape index (κ1) is 14.1. The number of ether oxygens (including phenoxy) is 1. The number of hydrogen-bond acceptors (Lipinski definition) is 4. The summed E-state index contributed by atoms with van der Waals surface area (Å²) in [6.07, 6.45) is 6.62. The second kappa shape index (κ2) is 6.27.